The van der Waals surface area contributed by atoms with Gasteiger partial charge >= 0.3 is 0 Å². The Labute approximate surface area is 165 Å². The average molecular weight is 376 g/mol. The van der Waals surface area contributed by atoms with Crippen LogP contribution in [0.1, 0.15) is 25.3 Å². The quantitative estimate of drug-likeness (QED) is 0.670. The number of anilines is 2. The van der Waals surface area contributed by atoms with E-state index in [0.717, 1.165) is 30.2 Å². The minimum absolute atomic E-state index is 0.223. The van der Waals surface area contributed by atoms with Crippen molar-refractivity contribution in [3.05, 3.63) is 72.0 Å². The van der Waals surface area contributed by atoms with Crippen molar-refractivity contribution in [2.24, 2.45) is 5.92 Å². The number of rotatable bonds is 5. The summed E-state index contributed by atoms with van der Waals surface area (Å²) >= 11 is 0. The molecule has 5 heteroatoms. The summed E-state index contributed by atoms with van der Waals surface area (Å²) in [7, 11) is 0. The van der Waals surface area contributed by atoms with Crippen LogP contribution < -0.4 is 10.2 Å². The number of halogens is 1. The zero-order valence-electron chi connectivity index (χ0n) is 16.1. The zero-order valence-corrected chi connectivity index (χ0v) is 16.1. The summed E-state index contributed by atoms with van der Waals surface area (Å²) < 4.78 is 14.0. The largest absolute Gasteiger partial charge is 0.356 e. The van der Waals surface area contributed by atoms with Gasteiger partial charge in [-0.2, -0.15) is 4.98 Å². The van der Waals surface area contributed by atoms with Gasteiger partial charge in [0.25, 0.3) is 0 Å². The number of nitrogens with one attached hydrogen (secondary N) is 1. The molecule has 1 aliphatic rings. The number of nitrogens with zero attached hydrogens (tertiary/aromatic N) is 3. The Hall–Kier alpha value is -2.95. The van der Waals surface area contributed by atoms with E-state index in [1.807, 2.05) is 36.4 Å². The highest BCUT2D eigenvalue weighted by Gasteiger charge is 2.19. The van der Waals surface area contributed by atoms with Gasteiger partial charge in [0.1, 0.15) is 11.6 Å². The van der Waals surface area contributed by atoms with Crippen molar-refractivity contribution in [1.82, 2.24) is 9.97 Å². The topological polar surface area (TPSA) is 41.1 Å². The third-order valence-electron chi connectivity index (χ3n) is 5.16. The van der Waals surface area contributed by atoms with Crippen LogP contribution in [0.3, 0.4) is 0 Å². The number of aromatic nitrogens is 2. The predicted octanol–water partition coefficient (Wildman–Crippen LogP) is 5.13. The molecule has 0 aliphatic carbocycles. The molecule has 144 valence electrons. The van der Waals surface area contributed by atoms with Crippen molar-refractivity contribution in [3.63, 3.8) is 0 Å². The molecule has 2 heterocycles. The number of piperidine rings is 1. The van der Waals surface area contributed by atoms with Gasteiger partial charge in [0, 0.05) is 36.8 Å². The maximum Gasteiger partial charge on any atom is 0.225 e. The number of benzene rings is 2. The summed E-state index contributed by atoms with van der Waals surface area (Å²) in [6.07, 6.45) is 2.43. The maximum absolute atomic E-state index is 14.0. The molecular weight excluding hydrogens is 351 g/mol. The lowest BCUT2D eigenvalue weighted by atomic mass is 10.0. The predicted molar refractivity (Wildman–Crippen MR) is 112 cm³/mol. The van der Waals surface area contributed by atoms with Crippen molar-refractivity contribution in [3.8, 4) is 11.3 Å². The lowest BCUT2D eigenvalue weighted by Crippen LogP contribution is -2.35. The molecule has 0 saturated carbocycles. The standard InChI is InChI=1S/C23H25FN4/c1-17-8-7-13-28(16-17)22-14-21(18-9-3-2-4-10-18)26-23(27-22)25-15-19-11-5-6-12-20(19)24/h2-6,9-12,14,17H,7-8,13,15-16H2,1H3,(H,25,26,27). The minimum Gasteiger partial charge on any atom is -0.356 e. The van der Waals surface area contributed by atoms with Gasteiger partial charge in [0.2, 0.25) is 5.95 Å². The Balaban J connectivity index is 1.64. The second-order valence-corrected chi connectivity index (χ2v) is 7.44. The fourth-order valence-corrected chi connectivity index (χ4v) is 3.65. The van der Waals surface area contributed by atoms with E-state index in [0.29, 0.717) is 24.0 Å². The SMILES string of the molecule is CC1CCCN(c2cc(-c3ccccc3)nc(NCc3ccccc3F)n2)C1. The smallest absolute Gasteiger partial charge is 0.225 e. The summed E-state index contributed by atoms with van der Waals surface area (Å²) in [5, 5.41) is 3.21. The Morgan fingerprint density at radius 1 is 1.07 bits per heavy atom. The molecule has 1 saturated heterocycles. The van der Waals surface area contributed by atoms with Gasteiger partial charge in [-0.3, -0.25) is 0 Å². The van der Waals surface area contributed by atoms with Gasteiger partial charge in [-0.1, -0.05) is 55.5 Å². The molecule has 2 aromatic carbocycles. The van der Waals surface area contributed by atoms with E-state index in [9.17, 15) is 4.39 Å². The highest BCUT2D eigenvalue weighted by atomic mass is 19.1. The Kier molecular flexibility index (Phi) is 5.51. The van der Waals surface area contributed by atoms with Crippen molar-refractivity contribution >= 4 is 11.8 Å². The molecule has 28 heavy (non-hydrogen) atoms. The van der Waals surface area contributed by atoms with E-state index >= 15 is 0 Å². The second kappa shape index (κ2) is 8.38. The van der Waals surface area contributed by atoms with Crippen molar-refractivity contribution < 1.29 is 4.39 Å². The van der Waals surface area contributed by atoms with Crippen LogP contribution in [0.2, 0.25) is 0 Å². The van der Waals surface area contributed by atoms with Crippen LogP contribution in [0.15, 0.2) is 60.7 Å². The Bertz CT molecular complexity index is 929. The van der Waals surface area contributed by atoms with Crippen LogP contribution in [0.25, 0.3) is 11.3 Å². The first-order valence-electron chi connectivity index (χ1n) is 9.86. The fraction of sp³-hybridized carbons (Fsp3) is 0.304. The summed E-state index contributed by atoms with van der Waals surface area (Å²) in [5.41, 5.74) is 2.52. The van der Waals surface area contributed by atoms with Gasteiger partial charge in [0.15, 0.2) is 0 Å². The van der Waals surface area contributed by atoms with Crippen LogP contribution in [0.5, 0.6) is 0 Å². The molecule has 1 aromatic heterocycles. The van der Waals surface area contributed by atoms with Gasteiger partial charge in [0.05, 0.1) is 5.69 Å². The van der Waals surface area contributed by atoms with Crippen LogP contribution in [-0.2, 0) is 6.54 Å². The van der Waals surface area contributed by atoms with Crippen molar-refractivity contribution in [2.45, 2.75) is 26.3 Å². The lowest BCUT2D eigenvalue weighted by Gasteiger charge is -2.32. The first kappa shape index (κ1) is 18.4. The molecule has 1 aliphatic heterocycles. The van der Waals surface area contributed by atoms with Crippen molar-refractivity contribution in [2.75, 3.05) is 23.3 Å². The first-order chi connectivity index (χ1) is 13.7. The van der Waals surface area contributed by atoms with Gasteiger partial charge in [-0.05, 0) is 24.8 Å². The minimum atomic E-state index is -0.223. The van der Waals surface area contributed by atoms with E-state index in [-0.39, 0.29) is 5.82 Å². The summed E-state index contributed by atoms with van der Waals surface area (Å²) in [5.74, 6) is 1.88. The molecule has 4 rings (SSSR count). The normalized spacial score (nSPS) is 16.8. The van der Waals surface area contributed by atoms with Gasteiger partial charge in [-0.15, -0.1) is 0 Å². The monoisotopic (exact) mass is 376 g/mol. The first-order valence-corrected chi connectivity index (χ1v) is 9.86. The number of hydrogen-bond acceptors (Lipinski definition) is 4. The summed E-state index contributed by atoms with van der Waals surface area (Å²) in [6.45, 7) is 4.63. The molecule has 1 atom stereocenters. The van der Waals surface area contributed by atoms with Crippen LogP contribution in [0.4, 0.5) is 16.2 Å². The van der Waals surface area contributed by atoms with Crippen LogP contribution in [-0.4, -0.2) is 23.1 Å². The van der Waals surface area contributed by atoms with Crippen molar-refractivity contribution in [1.29, 1.82) is 0 Å². The molecular formula is C23H25FN4. The van der Waals surface area contributed by atoms with Gasteiger partial charge in [-0.25, -0.2) is 9.37 Å². The maximum atomic E-state index is 14.0. The molecule has 3 aromatic rings. The summed E-state index contributed by atoms with van der Waals surface area (Å²) in [6, 6.07) is 18.9. The fourth-order valence-electron chi connectivity index (χ4n) is 3.65. The van der Waals surface area contributed by atoms with Crippen LogP contribution >= 0.6 is 0 Å². The average Bonchev–Trinajstić information content (AvgIpc) is 2.74. The van der Waals surface area contributed by atoms with E-state index in [2.05, 4.69) is 23.2 Å². The molecule has 0 amide bonds. The Morgan fingerprint density at radius 2 is 1.86 bits per heavy atom. The van der Waals surface area contributed by atoms with Crippen LogP contribution in [0, 0.1) is 11.7 Å². The third-order valence-corrected chi connectivity index (χ3v) is 5.16. The second-order valence-electron chi connectivity index (χ2n) is 7.44. The molecule has 0 spiro atoms. The van der Waals surface area contributed by atoms with Gasteiger partial charge < -0.3 is 10.2 Å². The summed E-state index contributed by atoms with van der Waals surface area (Å²) in [4.78, 5) is 11.8. The molecule has 1 fully saturated rings. The van der Waals surface area contributed by atoms with E-state index < -0.39 is 0 Å². The highest BCUT2D eigenvalue weighted by molar-refractivity contribution is 5.65. The molecule has 4 nitrogen and oxygen atoms in total. The third kappa shape index (κ3) is 4.30. The molecule has 1 unspecified atom stereocenters. The molecule has 1 N–H and O–H groups in total. The van der Waals surface area contributed by atoms with E-state index in [4.69, 9.17) is 9.97 Å². The molecule has 0 bridgehead atoms. The zero-order chi connectivity index (χ0) is 19.3. The highest BCUT2D eigenvalue weighted by Crippen LogP contribution is 2.27. The van der Waals surface area contributed by atoms with E-state index in [1.165, 1.54) is 18.9 Å². The Morgan fingerprint density at radius 3 is 2.64 bits per heavy atom. The number of hydrogen-bond donors (Lipinski definition) is 1. The molecule has 0 radical (unpaired) electrons. The van der Waals surface area contributed by atoms with E-state index in [1.54, 1.807) is 12.1 Å². The lowest BCUT2D eigenvalue weighted by molar-refractivity contribution is 0.444.